The van der Waals surface area contributed by atoms with Crippen LogP contribution in [0.15, 0.2) is 0 Å². The standard InChI is InChI=1S/C10H19NO2/c12-10-1-3-11-6-9(10)5-8-2-4-13-7-8/h8-12H,1-7H2. The highest BCUT2D eigenvalue weighted by Gasteiger charge is 2.27. The van der Waals surface area contributed by atoms with E-state index in [4.69, 9.17) is 4.74 Å². The second-order valence-corrected chi connectivity index (χ2v) is 4.29. The fourth-order valence-electron chi connectivity index (χ4n) is 2.35. The van der Waals surface area contributed by atoms with Crippen molar-refractivity contribution in [1.29, 1.82) is 0 Å². The molecule has 2 saturated heterocycles. The number of ether oxygens (including phenoxy) is 1. The quantitative estimate of drug-likeness (QED) is 0.653. The largest absolute Gasteiger partial charge is 0.393 e. The molecule has 3 heteroatoms. The average molecular weight is 185 g/mol. The average Bonchev–Trinajstić information content (AvgIpc) is 2.61. The first-order valence-electron chi connectivity index (χ1n) is 5.33. The van der Waals surface area contributed by atoms with Gasteiger partial charge in [0.05, 0.1) is 6.10 Å². The summed E-state index contributed by atoms with van der Waals surface area (Å²) in [6, 6.07) is 0. The summed E-state index contributed by atoms with van der Waals surface area (Å²) in [5.74, 6) is 1.15. The van der Waals surface area contributed by atoms with Gasteiger partial charge in [0.15, 0.2) is 0 Å². The molecule has 3 nitrogen and oxygen atoms in total. The lowest BCUT2D eigenvalue weighted by Crippen LogP contribution is -2.40. The summed E-state index contributed by atoms with van der Waals surface area (Å²) in [7, 11) is 0. The first-order chi connectivity index (χ1) is 6.36. The summed E-state index contributed by atoms with van der Waals surface area (Å²) >= 11 is 0. The van der Waals surface area contributed by atoms with Crippen molar-refractivity contribution in [3.05, 3.63) is 0 Å². The zero-order chi connectivity index (χ0) is 9.10. The highest BCUT2D eigenvalue weighted by molar-refractivity contribution is 4.80. The SMILES string of the molecule is OC1CCNCC1CC1CCOC1. The summed E-state index contributed by atoms with van der Waals surface area (Å²) in [6.45, 7) is 3.78. The second kappa shape index (κ2) is 4.40. The molecule has 0 aromatic carbocycles. The van der Waals surface area contributed by atoms with Crippen LogP contribution in [0.4, 0.5) is 0 Å². The minimum Gasteiger partial charge on any atom is -0.393 e. The van der Waals surface area contributed by atoms with Gasteiger partial charge in [-0.05, 0) is 37.6 Å². The van der Waals surface area contributed by atoms with E-state index in [2.05, 4.69) is 5.32 Å². The van der Waals surface area contributed by atoms with E-state index in [0.717, 1.165) is 39.1 Å². The van der Waals surface area contributed by atoms with Gasteiger partial charge in [0.25, 0.3) is 0 Å². The van der Waals surface area contributed by atoms with E-state index in [-0.39, 0.29) is 6.10 Å². The monoisotopic (exact) mass is 185 g/mol. The minimum absolute atomic E-state index is 0.0816. The number of rotatable bonds is 2. The maximum absolute atomic E-state index is 9.75. The van der Waals surface area contributed by atoms with Crippen molar-refractivity contribution in [3.8, 4) is 0 Å². The smallest absolute Gasteiger partial charge is 0.0592 e. The van der Waals surface area contributed by atoms with Gasteiger partial charge in [0.1, 0.15) is 0 Å². The number of nitrogens with one attached hydrogen (secondary N) is 1. The van der Waals surface area contributed by atoms with Gasteiger partial charge in [0.2, 0.25) is 0 Å². The third kappa shape index (κ3) is 2.42. The Balaban J connectivity index is 1.78. The van der Waals surface area contributed by atoms with Gasteiger partial charge in [-0.2, -0.15) is 0 Å². The van der Waals surface area contributed by atoms with E-state index < -0.39 is 0 Å². The Hall–Kier alpha value is -0.120. The molecule has 3 atom stereocenters. The third-order valence-corrected chi connectivity index (χ3v) is 3.23. The molecule has 76 valence electrons. The molecule has 0 aromatic rings. The molecule has 2 aliphatic heterocycles. The van der Waals surface area contributed by atoms with Crippen LogP contribution < -0.4 is 5.32 Å². The Morgan fingerprint density at radius 2 is 2.31 bits per heavy atom. The summed E-state index contributed by atoms with van der Waals surface area (Å²) in [5, 5.41) is 13.1. The predicted octanol–water partition coefficient (Wildman–Crippen LogP) is 0.383. The predicted molar refractivity (Wildman–Crippen MR) is 50.5 cm³/mol. The lowest BCUT2D eigenvalue weighted by atomic mass is 9.86. The van der Waals surface area contributed by atoms with Crippen LogP contribution in [0.2, 0.25) is 0 Å². The topological polar surface area (TPSA) is 41.5 Å². The Kier molecular flexibility index (Phi) is 3.19. The molecule has 0 radical (unpaired) electrons. The van der Waals surface area contributed by atoms with Gasteiger partial charge in [-0.15, -0.1) is 0 Å². The second-order valence-electron chi connectivity index (χ2n) is 4.29. The van der Waals surface area contributed by atoms with Gasteiger partial charge >= 0.3 is 0 Å². The first kappa shape index (κ1) is 9.44. The number of hydrogen-bond donors (Lipinski definition) is 2. The summed E-state index contributed by atoms with van der Waals surface area (Å²) in [5.41, 5.74) is 0. The van der Waals surface area contributed by atoms with Crippen LogP contribution in [0.3, 0.4) is 0 Å². The van der Waals surface area contributed by atoms with Crippen LogP contribution >= 0.6 is 0 Å². The Bertz CT molecular complexity index is 157. The molecule has 3 unspecified atom stereocenters. The molecule has 0 saturated carbocycles. The number of aliphatic hydroxyl groups excluding tert-OH is 1. The van der Waals surface area contributed by atoms with Crippen molar-refractivity contribution >= 4 is 0 Å². The van der Waals surface area contributed by atoms with Gasteiger partial charge < -0.3 is 15.2 Å². The molecule has 0 aromatic heterocycles. The Morgan fingerprint density at radius 1 is 1.38 bits per heavy atom. The molecule has 0 spiro atoms. The number of piperidine rings is 1. The van der Waals surface area contributed by atoms with Crippen molar-refractivity contribution in [2.45, 2.75) is 25.4 Å². The summed E-state index contributed by atoms with van der Waals surface area (Å²) in [4.78, 5) is 0. The highest BCUT2D eigenvalue weighted by atomic mass is 16.5. The Labute approximate surface area is 79.5 Å². The van der Waals surface area contributed by atoms with Crippen LogP contribution in [-0.2, 0) is 4.74 Å². The maximum Gasteiger partial charge on any atom is 0.0592 e. The van der Waals surface area contributed by atoms with Crippen LogP contribution in [0.5, 0.6) is 0 Å². The molecule has 2 rings (SSSR count). The zero-order valence-electron chi connectivity index (χ0n) is 8.04. The molecule has 2 heterocycles. The maximum atomic E-state index is 9.75. The lowest BCUT2D eigenvalue weighted by molar-refractivity contribution is 0.0632. The van der Waals surface area contributed by atoms with E-state index in [1.807, 2.05) is 0 Å². The fourth-order valence-corrected chi connectivity index (χ4v) is 2.35. The lowest BCUT2D eigenvalue weighted by Gasteiger charge is -2.29. The molecule has 0 aliphatic carbocycles. The van der Waals surface area contributed by atoms with Crippen LogP contribution in [0, 0.1) is 11.8 Å². The summed E-state index contributed by atoms with van der Waals surface area (Å²) in [6.07, 6.45) is 3.15. The van der Waals surface area contributed by atoms with Crippen molar-refractivity contribution in [2.75, 3.05) is 26.3 Å². The molecular weight excluding hydrogens is 166 g/mol. The van der Waals surface area contributed by atoms with Gasteiger partial charge in [-0.1, -0.05) is 0 Å². The minimum atomic E-state index is -0.0816. The summed E-state index contributed by atoms with van der Waals surface area (Å²) < 4.78 is 5.33. The Morgan fingerprint density at radius 3 is 3.00 bits per heavy atom. The molecule has 2 N–H and O–H groups in total. The highest BCUT2D eigenvalue weighted by Crippen LogP contribution is 2.25. The van der Waals surface area contributed by atoms with Crippen LogP contribution in [0.1, 0.15) is 19.3 Å². The number of aliphatic hydroxyl groups is 1. The van der Waals surface area contributed by atoms with Crippen molar-refractivity contribution in [2.24, 2.45) is 11.8 Å². The molecular formula is C10H19NO2. The molecule has 0 amide bonds. The van der Waals surface area contributed by atoms with Crippen LogP contribution in [0.25, 0.3) is 0 Å². The van der Waals surface area contributed by atoms with E-state index in [1.54, 1.807) is 0 Å². The van der Waals surface area contributed by atoms with E-state index in [9.17, 15) is 5.11 Å². The molecule has 0 bridgehead atoms. The van der Waals surface area contributed by atoms with Gasteiger partial charge in [-0.3, -0.25) is 0 Å². The first-order valence-corrected chi connectivity index (χ1v) is 5.33. The molecule has 13 heavy (non-hydrogen) atoms. The third-order valence-electron chi connectivity index (χ3n) is 3.23. The number of hydrogen-bond acceptors (Lipinski definition) is 3. The van der Waals surface area contributed by atoms with Crippen LogP contribution in [-0.4, -0.2) is 37.5 Å². The molecule has 2 aliphatic rings. The normalized spacial score (nSPS) is 40.8. The van der Waals surface area contributed by atoms with Crippen molar-refractivity contribution < 1.29 is 9.84 Å². The van der Waals surface area contributed by atoms with Crippen molar-refractivity contribution in [1.82, 2.24) is 5.32 Å². The molecule has 2 fully saturated rings. The fraction of sp³-hybridized carbons (Fsp3) is 1.00. The van der Waals surface area contributed by atoms with E-state index in [0.29, 0.717) is 11.8 Å². The van der Waals surface area contributed by atoms with E-state index >= 15 is 0 Å². The van der Waals surface area contributed by atoms with E-state index in [1.165, 1.54) is 6.42 Å². The van der Waals surface area contributed by atoms with Gasteiger partial charge in [0, 0.05) is 19.8 Å². The van der Waals surface area contributed by atoms with Gasteiger partial charge in [-0.25, -0.2) is 0 Å². The van der Waals surface area contributed by atoms with Crippen molar-refractivity contribution in [3.63, 3.8) is 0 Å². The zero-order valence-corrected chi connectivity index (χ0v) is 8.04.